The highest BCUT2D eigenvalue weighted by molar-refractivity contribution is 6.48. The van der Waals surface area contributed by atoms with Crippen LogP contribution in [0, 0.1) is 5.82 Å². The third kappa shape index (κ3) is 3.73. The highest BCUT2D eigenvalue weighted by Gasteiger charge is 2.21. The van der Waals surface area contributed by atoms with Gasteiger partial charge in [-0.15, -0.1) is 0 Å². The fourth-order valence-electron chi connectivity index (χ4n) is 2.75. The maximum absolute atomic E-state index is 14.0. The number of aliphatic imine (C=N–C) groups is 1. The summed E-state index contributed by atoms with van der Waals surface area (Å²) >= 11 is 0. The van der Waals surface area contributed by atoms with Crippen molar-refractivity contribution in [3.8, 4) is 11.4 Å². The maximum Gasteiger partial charge on any atom is 0.280 e. The van der Waals surface area contributed by atoms with Crippen LogP contribution in [0.3, 0.4) is 0 Å². The van der Waals surface area contributed by atoms with Crippen molar-refractivity contribution >= 4 is 28.0 Å². The molecule has 0 amide bonds. The van der Waals surface area contributed by atoms with E-state index in [-0.39, 0.29) is 29.6 Å². The average molecular weight is 393 g/mol. The summed E-state index contributed by atoms with van der Waals surface area (Å²) in [5.41, 5.74) is 2.09. The second kappa shape index (κ2) is 7.98. The molecular formula is C19H16FN7O2. The van der Waals surface area contributed by atoms with Crippen molar-refractivity contribution in [1.29, 1.82) is 0 Å². The molecule has 2 heterocycles. The topological polar surface area (TPSA) is 128 Å². The molecule has 3 N–H and O–H groups in total. The summed E-state index contributed by atoms with van der Waals surface area (Å²) in [6.45, 7) is 0.0169. The number of aromatic amines is 1. The molecule has 4 rings (SSSR count). The van der Waals surface area contributed by atoms with Crippen molar-refractivity contribution in [3.63, 3.8) is 0 Å². The van der Waals surface area contributed by atoms with Crippen molar-refractivity contribution in [2.75, 3.05) is 13.7 Å². The third-order valence-corrected chi connectivity index (χ3v) is 4.12. The number of nitrogens with zero attached hydrogens (tertiary/aromatic N) is 5. The van der Waals surface area contributed by atoms with Crippen LogP contribution in [0.5, 0.6) is 0 Å². The maximum atomic E-state index is 14.0. The minimum Gasteiger partial charge on any atom is -0.378 e. The molecule has 0 saturated carbocycles. The molecule has 0 saturated heterocycles. The molecule has 10 heteroatoms. The van der Waals surface area contributed by atoms with E-state index in [0.717, 1.165) is 16.5 Å². The summed E-state index contributed by atoms with van der Waals surface area (Å²) in [5.74, 6) is 5.45. The summed E-state index contributed by atoms with van der Waals surface area (Å²) in [5, 5.41) is 15.5. The van der Waals surface area contributed by atoms with Crippen molar-refractivity contribution in [2.45, 2.75) is 0 Å². The number of H-pyrrole nitrogens is 1. The Balaban J connectivity index is 1.70. The number of para-hydroxylation sites is 1. The van der Waals surface area contributed by atoms with Crippen LogP contribution in [0.25, 0.3) is 22.3 Å². The zero-order chi connectivity index (χ0) is 20.2. The number of hydrogen-bond donors (Lipinski definition) is 2. The molecule has 0 aliphatic carbocycles. The Kier molecular flexibility index (Phi) is 5.08. The normalized spacial score (nSPS) is 12.6. The van der Waals surface area contributed by atoms with Crippen molar-refractivity contribution in [3.05, 3.63) is 60.4 Å². The fourth-order valence-corrected chi connectivity index (χ4v) is 2.75. The number of hydrogen-bond acceptors (Lipinski definition) is 8. The molecule has 9 nitrogen and oxygen atoms in total. The average Bonchev–Trinajstić information content (AvgIpc) is 3.39. The Morgan fingerprint density at radius 1 is 1.28 bits per heavy atom. The Hall–Kier alpha value is -3.92. The van der Waals surface area contributed by atoms with Crippen LogP contribution in [0.4, 0.5) is 10.1 Å². The molecular weight excluding hydrogens is 377 g/mol. The third-order valence-electron chi connectivity index (χ3n) is 4.12. The summed E-state index contributed by atoms with van der Waals surface area (Å²) < 4.78 is 24.5. The first-order valence-corrected chi connectivity index (χ1v) is 8.56. The van der Waals surface area contributed by atoms with Gasteiger partial charge >= 0.3 is 0 Å². The van der Waals surface area contributed by atoms with Crippen LogP contribution in [-0.2, 0) is 4.74 Å². The Bertz CT molecular complexity index is 1210. The Morgan fingerprint density at radius 3 is 2.93 bits per heavy atom. The van der Waals surface area contributed by atoms with Gasteiger partial charge in [0.05, 0.1) is 29.7 Å². The smallest absolute Gasteiger partial charge is 0.280 e. The highest BCUT2D eigenvalue weighted by atomic mass is 19.1. The van der Waals surface area contributed by atoms with Crippen LogP contribution in [0.15, 0.2) is 63.3 Å². The van der Waals surface area contributed by atoms with Crippen molar-refractivity contribution < 1.29 is 13.7 Å². The number of hydrazone groups is 1. The van der Waals surface area contributed by atoms with E-state index in [1.54, 1.807) is 18.3 Å². The second-order valence-electron chi connectivity index (χ2n) is 6.02. The monoisotopic (exact) mass is 393 g/mol. The van der Waals surface area contributed by atoms with Crippen LogP contribution >= 0.6 is 0 Å². The first kappa shape index (κ1) is 18.4. The molecule has 0 aliphatic rings. The number of nitrogens with one attached hydrogen (secondary N) is 1. The molecule has 0 radical (unpaired) electrons. The summed E-state index contributed by atoms with van der Waals surface area (Å²) in [6, 6.07) is 11.6. The van der Waals surface area contributed by atoms with E-state index in [1.807, 2.05) is 18.2 Å². The molecule has 0 fully saturated rings. The van der Waals surface area contributed by atoms with E-state index in [4.69, 9.17) is 15.1 Å². The van der Waals surface area contributed by atoms with Gasteiger partial charge in [0.1, 0.15) is 5.82 Å². The molecule has 4 aromatic rings. The van der Waals surface area contributed by atoms with E-state index in [1.165, 1.54) is 19.2 Å². The molecule has 0 unspecified atom stereocenters. The van der Waals surface area contributed by atoms with Crippen LogP contribution in [-0.4, -0.2) is 45.5 Å². The van der Waals surface area contributed by atoms with E-state index in [9.17, 15) is 4.39 Å². The molecule has 0 bridgehead atoms. The van der Waals surface area contributed by atoms with Gasteiger partial charge in [0.2, 0.25) is 5.82 Å². The molecule has 0 spiro atoms. The van der Waals surface area contributed by atoms with Gasteiger partial charge in [0.25, 0.3) is 5.89 Å². The molecule has 2 aromatic carbocycles. The SMILES string of the molecule is COCC(=Nc1ccccc1F)C(=NN)c1nc(-c2ccc3[nH]ncc3c2)no1. The number of aromatic nitrogens is 4. The van der Waals surface area contributed by atoms with E-state index in [0.29, 0.717) is 5.82 Å². The largest absolute Gasteiger partial charge is 0.378 e. The quantitative estimate of drug-likeness (QED) is 0.294. The van der Waals surface area contributed by atoms with Gasteiger partial charge in [-0.1, -0.05) is 17.3 Å². The molecule has 2 aromatic heterocycles. The molecule has 146 valence electrons. The van der Waals surface area contributed by atoms with E-state index in [2.05, 4.69) is 30.4 Å². The Morgan fingerprint density at radius 2 is 2.14 bits per heavy atom. The van der Waals surface area contributed by atoms with E-state index >= 15 is 0 Å². The Labute approximate surface area is 164 Å². The number of halogens is 1. The lowest BCUT2D eigenvalue weighted by atomic mass is 10.1. The van der Waals surface area contributed by atoms with Gasteiger partial charge in [-0.25, -0.2) is 9.38 Å². The van der Waals surface area contributed by atoms with Crippen LogP contribution in [0.2, 0.25) is 0 Å². The van der Waals surface area contributed by atoms with Crippen LogP contribution in [0.1, 0.15) is 5.89 Å². The second-order valence-corrected chi connectivity index (χ2v) is 6.02. The fraction of sp³-hybridized carbons (Fsp3) is 0.105. The van der Waals surface area contributed by atoms with Gasteiger partial charge < -0.3 is 15.1 Å². The van der Waals surface area contributed by atoms with E-state index < -0.39 is 5.82 Å². The predicted molar refractivity (Wildman–Crippen MR) is 105 cm³/mol. The van der Waals surface area contributed by atoms with Gasteiger partial charge in [-0.3, -0.25) is 5.10 Å². The highest BCUT2D eigenvalue weighted by Crippen LogP contribution is 2.22. The lowest BCUT2D eigenvalue weighted by Crippen LogP contribution is -2.22. The van der Waals surface area contributed by atoms with Crippen molar-refractivity contribution in [2.24, 2.45) is 15.9 Å². The van der Waals surface area contributed by atoms with Crippen molar-refractivity contribution in [1.82, 2.24) is 20.3 Å². The zero-order valence-electron chi connectivity index (χ0n) is 15.3. The number of methoxy groups -OCH3 is 1. The summed E-state index contributed by atoms with van der Waals surface area (Å²) in [4.78, 5) is 8.64. The van der Waals surface area contributed by atoms with Crippen LogP contribution < -0.4 is 5.84 Å². The number of benzene rings is 2. The zero-order valence-corrected chi connectivity index (χ0v) is 15.3. The lowest BCUT2D eigenvalue weighted by molar-refractivity contribution is 0.246. The van der Waals surface area contributed by atoms with Gasteiger partial charge in [-0.05, 0) is 30.3 Å². The van der Waals surface area contributed by atoms with Gasteiger partial charge in [0, 0.05) is 18.1 Å². The summed E-state index contributed by atoms with van der Waals surface area (Å²) in [7, 11) is 1.48. The predicted octanol–water partition coefficient (Wildman–Crippen LogP) is 2.83. The number of nitrogens with two attached hydrogens (primary N) is 1. The standard InChI is InChI=1S/C19H16FN7O2/c1-28-10-16(23-15-5-3-2-4-13(15)20)17(25-21)19-24-18(27-29-19)11-6-7-14-12(8-11)9-22-26-14/h2-9H,10,21H2,1H3,(H,22,26). The van der Waals surface area contributed by atoms with Gasteiger partial charge in [-0.2, -0.15) is 15.2 Å². The first-order chi connectivity index (χ1) is 14.2. The molecule has 0 aliphatic heterocycles. The first-order valence-electron chi connectivity index (χ1n) is 8.56. The molecule has 29 heavy (non-hydrogen) atoms. The number of rotatable bonds is 6. The molecule has 0 atom stereocenters. The summed E-state index contributed by atoms with van der Waals surface area (Å²) in [6.07, 6.45) is 1.70. The minimum atomic E-state index is -0.489. The number of ether oxygens (including phenoxy) is 1. The lowest BCUT2D eigenvalue weighted by Gasteiger charge is -2.05. The van der Waals surface area contributed by atoms with Gasteiger partial charge in [0.15, 0.2) is 5.71 Å². The number of fused-ring (bicyclic) bond motifs is 1. The minimum absolute atomic E-state index is 0.0169.